The second kappa shape index (κ2) is 7.24. The van der Waals surface area contributed by atoms with Gasteiger partial charge in [-0.15, -0.1) is 0 Å². The fourth-order valence-corrected chi connectivity index (χ4v) is 2.54. The summed E-state index contributed by atoms with van der Waals surface area (Å²) < 4.78 is 201. The van der Waals surface area contributed by atoms with Gasteiger partial charge in [-0.2, -0.15) is 69.5 Å². The summed E-state index contributed by atoms with van der Waals surface area (Å²) in [6.45, 7) is 0. The maximum atomic E-state index is 13.1. The molecular weight excluding hydrogens is 508 g/mol. The topological polar surface area (TPSA) is 86.7 Å². The molecule has 0 saturated heterocycles. The van der Waals surface area contributed by atoms with Crippen molar-refractivity contribution in [1.29, 1.82) is 0 Å². The van der Waals surface area contributed by atoms with Crippen molar-refractivity contribution in [2.75, 3.05) is 0 Å². The Morgan fingerprint density at radius 2 is 0.767 bits per heavy atom. The van der Waals surface area contributed by atoms with E-state index in [1.165, 1.54) is 0 Å². The second-order valence-electron chi connectivity index (χ2n) is 4.77. The molecule has 174 valence electrons. The number of hydrogen-bond acceptors (Lipinski definition) is 6. The summed E-state index contributed by atoms with van der Waals surface area (Å²) in [6.07, 6.45) is -12.8. The van der Waals surface area contributed by atoms with Gasteiger partial charge in [0.2, 0.25) is 0 Å². The lowest BCUT2D eigenvalue weighted by atomic mass is 10.0. The first-order chi connectivity index (χ1) is 12.9. The van der Waals surface area contributed by atoms with Crippen LogP contribution in [0.3, 0.4) is 0 Å². The Labute approximate surface area is 157 Å². The number of hydrogen-bond donors (Lipinski definition) is 0. The van der Waals surface area contributed by atoms with Gasteiger partial charge < -0.3 is 8.37 Å². The van der Waals surface area contributed by atoms with Crippen molar-refractivity contribution in [3.8, 4) is 11.5 Å². The van der Waals surface area contributed by atoms with Crippen LogP contribution in [0.2, 0.25) is 0 Å². The van der Waals surface area contributed by atoms with Gasteiger partial charge in [0, 0.05) is 0 Å². The Morgan fingerprint density at radius 1 is 0.533 bits per heavy atom. The maximum Gasteiger partial charge on any atom is 0.534 e. The first-order valence-electron chi connectivity index (χ1n) is 6.24. The highest BCUT2D eigenvalue weighted by Crippen LogP contribution is 2.50. The molecule has 0 saturated carbocycles. The van der Waals surface area contributed by atoms with Crippen molar-refractivity contribution < 1.29 is 77.9 Å². The van der Waals surface area contributed by atoms with Gasteiger partial charge in [-0.05, 0) is 12.1 Å². The summed E-state index contributed by atoms with van der Waals surface area (Å²) in [7, 11) is -13.9. The molecule has 0 N–H and O–H groups in total. The standard InChI is InChI=1S/C10H2F12O6S2/c11-7(12,13)5-3(27-29(23,24)9(17,18)19)1-2-4(6(5)8(14,15)16)28-30(25,26)10(20,21)22/h1-2H. The van der Waals surface area contributed by atoms with Crippen LogP contribution in [0.4, 0.5) is 52.7 Å². The van der Waals surface area contributed by atoms with Crippen LogP contribution < -0.4 is 8.37 Å². The molecule has 0 aromatic heterocycles. The van der Waals surface area contributed by atoms with Gasteiger partial charge in [-0.1, -0.05) is 0 Å². The molecule has 1 rings (SSSR count). The molecule has 20 heteroatoms. The lowest BCUT2D eigenvalue weighted by molar-refractivity contribution is -0.163. The van der Waals surface area contributed by atoms with Crippen molar-refractivity contribution >= 4 is 20.2 Å². The van der Waals surface area contributed by atoms with E-state index in [0.29, 0.717) is 0 Å². The maximum absolute atomic E-state index is 13.1. The van der Waals surface area contributed by atoms with E-state index < -0.39 is 78.4 Å². The molecule has 1 aromatic rings. The van der Waals surface area contributed by atoms with E-state index >= 15 is 0 Å². The molecule has 0 aliphatic heterocycles. The molecule has 6 nitrogen and oxygen atoms in total. The molecule has 0 radical (unpaired) electrons. The zero-order chi connectivity index (χ0) is 24.1. The van der Waals surface area contributed by atoms with Crippen LogP contribution in [0.5, 0.6) is 11.5 Å². The smallest absolute Gasteiger partial charge is 0.375 e. The van der Waals surface area contributed by atoms with Gasteiger partial charge in [-0.25, -0.2) is 0 Å². The van der Waals surface area contributed by atoms with E-state index in [-0.39, 0.29) is 0 Å². The van der Waals surface area contributed by atoms with E-state index in [1.807, 2.05) is 0 Å². The molecule has 1 aromatic carbocycles. The summed E-state index contributed by atoms with van der Waals surface area (Å²) in [5, 5.41) is 0. The summed E-state index contributed by atoms with van der Waals surface area (Å²) in [5.41, 5.74) is -19.6. The van der Waals surface area contributed by atoms with E-state index in [1.54, 1.807) is 0 Å². The minimum atomic E-state index is -6.97. The Bertz CT molecular complexity index is 931. The first kappa shape index (κ1) is 25.9. The second-order valence-corrected chi connectivity index (χ2v) is 7.85. The fraction of sp³-hybridized carbons (Fsp3) is 0.400. The fourth-order valence-electron chi connectivity index (χ4n) is 1.60. The lowest BCUT2D eigenvalue weighted by Crippen LogP contribution is -2.31. The van der Waals surface area contributed by atoms with Crippen LogP contribution in [-0.2, 0) is 32.6 Å². The van der Waals surface area contributed by atoms with Crippen molar-refractivity contribution in [1.82, 2.24) is 0 Å². The van der Waals surface area contributed by atoms with Gasteiger partial charge in [0.15, 0.2) is 11.5 Å². The molecular formula is C10H2F12O6S2. The SMILES string of the molecule is O=S(=O)(Oc1ccc(OS(=O)(=O)C(F)(F)F)c(C(F)(F)F)c1C(F)(F)F)C(F)(F)F. The zero-order valence-electron chi connectivity index (χ0n) is 13.0. The monoisotopic (exact) mass is 510 g/mol. The Kier molecular flexibility index (Phi) is 6.25. The van der Waals surface area contributed by atoms with E-state index in [2.05, 4.69) is 8.37 Å². The molecule has 0 aliphatic carbocycles. The van der Waals surface area contributed by atoms with Crippen molar-refractivity contribution in [3.05, 3.63) is 23.3 Å². The summed E-state index contributed by atoms with van der Waals surface area (Å²) >= 11 is 0. The quantitative estimate of drug-likeness (QED) is 0.343. The molecule has 0 bridgehead atoms. The zero-order valence-corrected chi connectivity index (χ0v) is 14.6. The third kappa shape index (κ3) is 5.32. The molecule has 0 spiro atoms. The molecule has 0 atom stereocenters. The molecule has 0 fully saturated rings. The third-order valence-corrected chi connectivity index (χ3v) is 4.59. The van der Waals surface area contributed by atoms with Crippen molar-refractivity contribution in [3.63, 3.8) is 0 Å². The van der Waals surface area contributed by atoms with E-state index in [9.17, 15) is 69.5 Å². The Hall–Kier alpha value is -2.12. The van der Waals surface area contributed by atoms with Crippen LogP contribution in [0.25, 0.3) is 0 Å². The summed E-state index contributed by atoms with van der Waals surface area (Å²) in [5.74, 6) is -5.33. The Morgan fingerprint density at radius 3 is 0.933 bits per heavy atom. The van der Waals surface area contributed by atoms with Gasteiger partial charge in [-0.3, -0.25) is 0 Å². The largest absolute Gasteiger partial charge is 0.534 e. The lowest BCUT2D eigenvalue weighted by Gasteiger charge is -2.22. The molecule has 0 amide bonds. The number of halogens is 12. The number of rotatable bonds is 4. The summed E-state index contributed by atoms with van der Waals surface area (Å²) in [6, 6.07) is -1.22. The van der Waals surface area contributed by atoms with Gasteiger partial charge >= 0.3 is 43.6 Å². The highest BCUT2D eigenvalue weighted by molar-refractivity contribution is 7.88. The average Bonchev–Trinajstić information content (AvgIpc) is 2.42. The highest BCUT2D eigenvalue weighted by Gasteiger charge is 2.54. The van der Waals surface area contributed by atoms with Crippen molar-refractivity contribution in [2.24, 2.45) is 0 Å². The summed E-state index contributed by atoms with van der Waals surface area (Å²) in [4.78, 5) is 0. The highest BCUT2D eigenvalue weighted by atomic mass is 32.2. The van der Waals surface area contributed by atoms with Crippen LogP contribution in [0, 0.1) is 0 Å². The normalized spacial score (nSPS) is 14.5. The minimum absolute atomic E-state index is 0.609. The van der Waals surface area contributed by atoms with Crippen LogP contribution in [-0.4, -0.2) is 27.9 Å². The van der Waals surface area contributed by atoms with Gasteiger partial charge in [0.1, 0.15) is 11.1 Å². The number of alkyl halides is 12. The van der Waals surface area contributed by atoms with Crippen LogP contribution in [0.15, 0.2) is 12.1 Å². The predicted molar refractivity (Wildman–Crippen MR) is 67.7 cm³/mol. The van der Waals surface area contributed by atoms with Gasteiger partial charge in [0.25, 0.3) is 0 Å². The number of benzene rings is 1. The molecule has 0 heterocycles. The van der Waals surface area contributed by atoms with Gasteiger partial charge in [0.05, 0.1) is 0 Å². The average molecular weight is 510 g/mol. The minimum Gasteiger partial charge on any atom is -0.375 e. The third-order valence-electron chi connectivity index (χ3n) is 2.66. The molecule has 0 aliphatic rings. The molecule has 30 heavy (non-hydrogen) atoms. The van der Waals surface area contributed by atoms with Crippen LogP contribution in [0.1, 0.15) is 11.1 Å². The predicted octanol–water partition coefficient (Wildman–Crippen LogP) is 4.18. The van der Waals surface area contributed by atoms with E-state index in [0.717, 1.165) is 0 Å². The Balaban J connectivity index is 3.93. The van der Waals surface area contributed by atoms with E-state index in [4.69, 9.17) is 0 Å². The van der Waals surface area contributed by atoms with Crippen molar-refractivity contribution in [2.45, 2.75) is 23.4 Å². The molecule has 0 unspecified atom stereocenters. The van der Waals surface area contributed by atoms with Crippen LogP contribution >= 0.6 is 0 Å². The first-order valence-corrected chi connectivity index (χ1v) is 9.06.